The maximum Gasteiger partial charge on any atom is 2.00 e. The molecule has 0 aromatic heterocycles. The third-order valence-electron chi connectivity index (χ3n) is 3.10. The van der Waals surface area contributed by atoms with Gasteiger partial charge in [-0.3, -0.25) is 0 Å². The fourth-order valence-electron chi connectivity index (χ4n) is 2.14. The SMILES string of the molecule is CCO.[Cl-].[Zr+2].c1ccc2[cH-]ccc2c1.c1ccc2[cH-]ccc2c1. The molecule has 4 aromatic rings. The summed E-state index contributed by atoms with van der Waals surface area (Å²) < 4.78 is 0. The van der Waals surface area contributed by atoms with Crippen LogP contribution in [0.5, 0.6) is 0 Å². The molecule has 4 rings (SSSR count). The van der Waals surface area contributed by atoms with E-state index < -0.39 is 0 Å². The van der Waals surface area contributed by atoms with Crippen molar-refractivity contribution in [3.63, 3.8) is 0 Å². The van der Waals surface area contributed by atoms with Crippen LogP contribution in [0.25, 0.3) is 21.5 Å². The Bertz CT molecular complexity index is 647. The summed E-state index contributed by atoms with van der Waals surface area (Å²) in [4.78, 5) is 0. The Morgan fingerprint density at radius 1 is 0.739 bits per heavy atom. The van der Waals surface area contributed by atoms with Crippen LogP contribution in [0.1, 0.15) is 6.92 Å². The molecule has 1 N–H and O–H groups in total. The van der Waals surface area contributed by atoms with Crippen LogP contribution >= 0.6 is 0 Å². The number of rotatable bonds is 0. The van der Waals surface area contributed by atoms with Gasteiger partial charge in [0, 0.05) is 6.61 Å². The van der Waals surface area contributed by atoms with Crippen molar-refractivity contribution < 1.29 is 43.7 Å². The first-order chi connectivity index (χ1) is 10.3. The minimum Gasteiger partial charge on any atom is -1.00 e. The fourth-order valence-corrected chi connectivity index (χ4v) is 2.14. The standard InChI is InChI=1S/2C9H7.C2H6O.ClH.Zr/c2*1-2-5-9-7-3-6-8(9)4-1;1-2-3;;/h2*1-7H;3H,2H2,1H3;1H;/q2*-1;;;+2/p-1. The molecular formula is C20H20ClOZr-. The van der Waals surface area contributed by atoms with Crippen LogP contribution in [0.4, 0.5) is 0 Å². The van der Waals surface area contributed by atoms with Gasteiger partial charge in [0.25, 0.3) is 0 Å². The maximum absolute atomic E-state index is 7.57. The molecule has 0 unspecified atom stereocenters. The molecular weight excluding hydrogens is 383 g/mol. The molecule has 0 saturated heterocycles. The Morgan fingerprint density at radius 3 is 1.43 bits per heavy atom. The normalized spacial score (nSPS) is 8.78. The molecule has 118 valence electrons. The molecule has 0 aliphatic heterocycles. The third kappa shape index (κ3) is 6.83. The summed E-state index contributed by atoms with van der Waals surface area (Å²) >= 11 is 0. The van der Waals surface area contributed by atoms with Gasteiger partial charge < -0.3 is 17.5 Å². The summed E-state index contributed by atoms with van der Waals surface area (Å²) in [5.41, 5.74) is 0. The molecule has 0 fully saturated rings. The van der Waals surface area contributed by atoms with Crippen molar-refractivity contribution in [1.29, 1.82) is 0 Å². The number of hydrogen-bond acceptors (Lipinski definition) is 1. The molecule has 0 heterocycles. The molecule has 0 saturated carbocycles. The minimum atomic E-state index is 0. The number of fused-ring (bicyclic) bond motifs is 2. The van der Waals surface area contributed by atoms with Crippen molar-refractivity contribution in [3.8, 4) is 0 Å². The van der Waals surface area contributed by atoms with Crippen LogP contribution < -0.4 is 12.4 Å². The zero-order valence-corrected chi connectivity index (χ0v) is 16.3. The Morgan fingerprint density at radius 2 is 1.09 bits per heavy atom. The summed E-state index contributed by atoms with van der Waals surface area (Å²) in [5.74, 6) is 0. The summed E-state index contributed by atoms with van der Waals surface area (Å²) in [6.07, 6.45) is 0. The molecule has 0 amide bonds. The van der Waals surface area contributed by atoms with Crippen LogP contribution in [-0.4, -0.2) is 11.7 Å². The summed E-state index contributed by atoms with van der Waals surface area (Å²) in [6, 6.07) is 29.3. The summed E-state index contributed by atoms with van der Waals surface area (Å²) in [7, 11) is 0. The second kappa shape index (κ2) is 12.2. The van der Waals surface area contributed by atoms with Crippen molar-refractivity contribution in [2.45, 2.75) is 6.92 Å². The molecule has 23 heavy (non-hydrogen) atoms. The fraction of sp³-hybridized carbons (Fsp3) is 0.100. The molecule has 0 atom stereocenters. The molecule has 0 aliphatic carbocycles. The summed E-state index contributed by atoms with van der Waals surface area (Å²) in [5, 5.41) is 12.9. The zero-order valence-electron chi connectivity index (χ0n) is 13.1. The van der Waals surface area contributed by atoms with Gasteiger partial charge in [-0.25, -0.2) is 0 Å². The van der Waals surface area contributed by atoms with Gasteiger partial charge in [0.05, 0.1) is 0 Å². The van der Waals surface area contributed by atoms with Crippen LogP contribution in [0, 0.1) is 0 Å². The third-order valence-corrected chi connectivity index (χ3v) is 3.10. The average Bonchev–Trinajstić information content (AvgIpc) is 3.17. The topological polar surface area (TPSA) is 20.2 Å². The van der Waals surface area contributed by atoms with E-state index in [0.29, 0.717) is 0 Å². The van der Waals surface area contributed by atoms with E-state index in [9.17, 15) is 0 Å². The van der Waals surface area contributed by atoms with E-state index in [4.69, 9.17) is 5.11 Å². The molecule has 3 heteroatoms. The van der Waals surface area contributed by atoms with E-state index in [-0.39, 0.29) is 45.2 Å². The van der Waals surface area contributed by atoms with Gasteiger partial charge in [0.2, 0.25) is 0 Å². The first-order valence-electron chi connectivity index (χ1n) is 7.17. The van der Waals surface area contributed by atoms with E-state index >= 15 is 0 Å². The van der Waals surface area contributed by atoms with E-state index in [1.54, 1.807) is 6.92 Å². The monoisotopic (exact) mass is 401 g/mol. The Kier molecular flexibility index (Phi) is 11.6. The predicted molar refractivity (Wildman–Crippen MR) is 91.8 cm³/mol. The van der Waals surface area contributed by atoms with Gasteiger partial charge in [0.15, 0.2) is 0 Å². The molecule has 0 radical (unpaired) electrons. The van der Waals surface area contributed by atoms with Crippen molar-refractivity contribution in [3.05, 3.63) is 84.9 Å². The van der Waals surface area contributed by atoms with Gasteiger partial charge in [0.1, 0.15) is 0 Å². The minimum absolute atomic E-state index is 0. The number of aliphatic hydroxyl groups excluding tert-OH is 1. The summed E-state index contributed by atoms with van der Waals surface area (Å²) in [6.45, 7) is 1.93. The average molecular weight is 403 g/mol. The second-order valence-electron chi connectivity index (χ2n) is 4.63. The molecule has 4 aromatic carbocycles. The van der Waals surface area contributed by atoms with Crippen molar-refractivity contribution in [1.82, 2.24) is 0 Å². The molecule has 1 nitrogen and oxygen atoms in total. The molecule has 0 bridgehead atoms. The zero-order chi connectivity index (χ0) is 14.9. The number of halogens is 1. The first kappa shape index (κ1) is 21.8. The van der Waals surface area contributed by atoms with Gasteiger partial charge in [-0.15, -0.1) is 59.3 Å². The predicted octanol–water partition coefficient (Wildman–Crippen LogP) is 2.12. The quantitative estimate of drug-likeness (QED) is 0.447. The first-order valence-corrected chi connectivity index (χ1v) is 7.17. The van der Waals surface area contributed by atoms with Crippen molar-refractivity contribution in [2.24, 2.45) is 0 Å². The van der Waals surface area contributed by atoms with Crippen LogP contribution in [0.3, 0.4) is 0 Å². The van der Waals surface area contributed by atoms with E-state index in [0.717, 1.165) is 0 Å². The second-order valence-corrected chi connectivity index (χ2v) is 4.63. The number of benzene rings is 2. The van der Waals surface area contributed by atoms with Gasteiger partial charge in [-0.05, 0) is 6.92 Å². The molecule has 0 spiro atoms. The Balaban J connectivity index is 0.000000336. The van der Waals surface area contributed by atoms with Gasteiger partial charge in [-0.2, -0.15) is 35.0 Å². The van der Waals surface area contributed by atoms with Gasteiger partial charge >= 0.3 is 26.2 Å². The Hall–Kier alpha value is -1.21. The maximum atomic E-state index is 7.57. The number of aliphatic hydroxyl groups is 1. The van der Waals surface area contributed by atoms with E-state index in [1.807, 2.05) is 0 Å². The van der Waals surface area contributed by atoms with Crippen LogP contribution in [0.2, 0.25) is 0 Å². The van der Waals surface area contributed by atoms with Crippen LogP contribution in [0.15, 0.2) is 84.9 Å². The van der Waals surface area contributed by atoms with E-state index in [1.165, 1.54) is 21.5 Å². The van der Waals surface area contributed by atoms with E-state index in [2.05, 4.69) is 84.9 Å². The Labute approximate surface area is 163 Å². The van der Waals surface area contributed by atoms with Crippen LogP contribution in [-0.2, 0) is 26.2 Å². The largest absolute Gasteiger partial charge is 2.00 e. The van der Waals surface area contributed by atoms with Crippen molar-refractivity contribution >= 4 is 21.5 Å². The molecule has 0 aliphatic rings. The number of hydrogen-bond donors (Lipinski definition) is 1. The van der Waals surface area contributed by atoms with Crippen molar-refractivity contribution in [2.75, 3.05) is 6.61 Å². The smallest absolute Gasteiger partial charge is 1.00 e. The van der Waals surface area contributed by atoms with Gasteiger partial charge in [-0.1, -0.05) is 12.1 Å².